The van der Waals surface area contributed by atoms with Gasteiger partial charge in [0.05, 0.1) is 24.4 Å². The number of nitrogens with zero attached hydrogens (tertiary/aromatic N) is 3. The van der Waals surface area contributed by atoms with Crippen LogP contribution >= 0.6 is 0 Å². The zero-order chi connectivity index (χ0) is 30.4. The summed E-state index contributed by atoms with van der Waals surface area (Å²) in [4.78, 5) is 41.5. The van der Waals surface area contributed by atoms with Gasteiger partial charge in [-0.1, -0.05) is 45.0 Å². The van der Waals surface area contributed by atoms with E-state index in [0.717, 1.165) is 42.8 Å². The van der Waals surface area contributed by atoms with Crippen LogP contribution in [0, 0.1) is 11.3 Å². The minimum atomic E-state index is -0.884. The summed E-state index contributed by atoms with van der Waals surface area (Å²) in [5.41, 5.74) is 2.29. The third kappa shape index (κ3) is 7.96. The Bertz CT molecular complexity index is 1220. The Labute approximate surface area is 248 Å². The molecule has 0 radical (unpaired) electrons. The Hall–Kier alpha value is -3.28. The van der Waals surface area contributed by atoms with Gasteiger partial charge in [-0.15, -0.1) is 0 Å². The van der Waals surface area contributed by atoms with Crippen molar-refractivity contribution in [2.24, 2.45) is 18.4 Å². The van der Waals surface area contributed by atoms with Crippen molar-refractivity contribution in [3.63, 3.8) is 0 Å². The standard InChI is InChI=1S/C31H46N6O5/c1-20(22-6-8-23(9-7-22)25-12-15-33-36(25)5)34-29(40)26-16-24(38)17-37(26)30(41)28(31(2,3)4)35-27(39)19-42-18-21-10-13-32-14-11-21/h6-9,12,15,20-21,24,26,28,32,38H,10-11,13-14,16-19H2,1-5H3,(H,34,40)(H,35,39)/t20-,24+,26-,28+/m0/s1. The molecule has 1 aromatic heterocycles. The van der Waals surface area contributed by atoms with Crippen LogP contribution in [-0.2, 0) is 26.2 Å². The zero-order valence-electron chi connectivity index (χ0n) is 25.4. The van der Waals surface area contributed by atoms with Crippen LogP contribution < -0.4 is 16.0 Å². The van der Waals surface area contributed by atoms with Gasteiger partial charge in [-0.2, -0.15) is 5.10 Å². The lowest BCUT2D eigenvalue weighted by Gasteiger charge is -2.35. The average molecular weight is 583 g/mol. The van der Waals surface area contributed by atoms with Crippen molar-refractivity contribution in [2.75, 3.05) is 32.8 Å². The highest BCUT2D eigenvalue weighted by Gasteiger charge is 2.44. The number of hydrogen-bond acceptors (Lipinski definition) is 7. The maximum Gasteiger partial charge on any atom is 0.246 e. The molecule has 2 fully saturated rings. The number of aromatic nitrogens is 2. The molecule has 0 unspecified atom stereocenters. The molecular weight excluding hydrogens is 536 g/mol. The number of carbonyl (C=O) groups is 3. The molecule has 3 amide bonds. The van der Waals surface area contributed by atoms with Crippen molar-refractivity contribution in [3.05, 3.63) is 42.1 Å². The number of rotatable bonds is 10. The molecule has 2 aliphatic heterocycles. The van der Waals surface area contributed by atoms with E-state index in [0.29, 0.717) is 12.5 Å². The molecule has 2 saturated heterocycles. The maximum absolute atomic E-state index is 13.8. The highest BCUT2D eigenvalue weighted by atomic mass is 16.5. The lowest BCUT2D eigenvalue weighted by atomic mass is 9.85. The number of nitrogens with one attached hydrogen (secondary N) is 3. The van der Waals surface area contributed by atoms with E-state index in [1.165, 1.54) is 4.90 Å². The van der Waals surface area contributed by atoms with Gasteiger partial charge < -0.3 is 30.7 Å². The quantitative estimate of drug-likeness (QED) is 0.335. The topological polar surface area (TPSA) is 138 Å². The van der Waals surface area contributed by atoms with E-state index in [1.807, 2.05) is 65.1 Å². The van der Waals surface area contributed by atoms with Crippen molar-refractivity contribution in [3.8, 4) is 11.3 Å². The van der Waals surface area contributed by atoms with Crippen LogP contribution in [0.3, 0.4) is 0 Å². The smallest absolute Gasteiger partial charge is 0.246 e. The summed E-state index contributed by atoms with van der Waals surface area (Å²) in [5.74, 6) is -0.682. The van der Waals surface area contributed by atoms with Gasteiger partial charge in [-0.25, -0.2) is 0 Å². The SMILES string of the molecule is C[C@H](NC(=O)[C@@H]1C[C@@H](O)CN1C(=O)[C@@H](NC(=O)COCC1CCNCC1)C(C)(C)C)c1ccc(-c2ccnn2C)cc1. The molecule has 3 heterocycles. The molecule has 0 aliphatic carbocycles. The Balaban J connectivity index is 1.37. The molecule has 2 aliphatic rings. The van der Waals surface area contributed by atoms with Crippen LogP contribution in [0.15, 0.2) is 36.5 Å². The molecule has 0 spiro atoms. The summed E-state index contributed by atoms with van der Waals surface area (Å²) < 4.78 is 7.48. The number of ether oxygens (including phenoxy) is 1. The predicted molar refractivity (Wildman–Crippen MR) is 159 cm³/mol. The predicted octanol–water partition coefficient (Wildman–Crippen LogP) is 1.77. The van der Waals surface area contributed by atoms with Gasteiger partial charge in [-0.3, -0.25) is 19.1 Å². The van der Waals surface area contributed by atoms with Gasteiger partial charge in [0.2, 0.25) is 17.7 Å². The van der Waals surface area contributed by atoms with Crippen molar-refractivity contribution < 1.29 is 24.2 Å². The highest BCUT2D eigenvalue weighted by Crippen LogP contribution is 2.27. The summed E-state index contributed by atoms with van der Waals surface area (Å²) in [5, 5.41) is 23.9. The summed E-state index contributed by atoms with van der Waals surface area (Å²) in [6.07, 6.45) is 3.08. The van der Waals surface area contributed by atoms with Crippen LogP contribution in [0.25, 0.3) is 11.3 Å². The van der Waals surface area contributed by atoms with Crippen LogP contribution in [-0.4, -0.2) is 88.5 Å². The second-order valence-corrected chi connectivity index (χ2v) is 12.7. The van der Waals surface area contributed by atoms with Gasteiger partial charge in [0.25, 0.3) is 0 Å². The van der Waals surface area contributed by atoms with E-state index >= 15 is 0 Å². The van der Waals surface area contributed by atoms with E-state index in [2.05, 4.69) is 21.0 Å². The number of piperidine rings is 1. The van der Waals surface area contributed by atoms with E-state index in [-0.39, 0.29) is 43.3 Å². The molecule has 11 heteroatoms. The molecule has 4 atom stereocenters. The average Bonchev–Trinajstić information content (AvgIpc) is 3.56. The molecule has 2 aromatic rings. The first-order valence-electron chi connectivity index (χ1n) is 14.9. The van der Waals surface area contributed by atoms with Crippen LogP contribution in [0.1, 0.15) is 58.6 Å². The minimum Gasteiger partial charge on any atom is -0.391 e. The molecule has 4 rings (SSSR count). The van der Waals surface area contributed by atoms with E-state index < -0.39 is 23.6 Å². The fourth-order valence-electron chi connectivity index (χ4n) is 5.68. The summed E-state index contributed by atoms with van der Waals surface area (Å²) in [6, 6.07) is 7.77. The van der Waals surface area contributed by atoms with Gasteiger partial charge in [0.1, 0.15) is 18.7 Å². The van der Waals surface area contributed by atoms with Gasteiger partial charge >= 0.3 is 0 Å². The Morgan fingerprint density at radius 3 is 2.43 bits per heavy atom. The fraction of sp³-hybridized carbons (Fsp3) is 0.613. The largest absolute Gasteiger partial charge is 0.391 e. The number of β-amino-alcohol motifs (C(OH)–C–C–N with tert-alkyl or cyclic N) is 1. The minimum absolute atomic E-state index is 0.0271. The van der Waals surface area contributed by atoms with E-state index in [4.69, 9.17) is 4.74 Å². The van der Waals surface area contributed by atoms with Crippen molar-refractivity contribution in [1.29, 1.82) is 0 Å². The second kappa shape index (κ2) is 13.8. The van der Waals surface area contributed by atoms with Gasteiger partial charge in [0.15, 0.2) is 0 Å². The number of aliphatic hydroxyl groups excluding tert-OH is 1. The first kappa shape index (κ1) is 31.7. The molecule has 0 saturated carbocycles. The maximum atomic E-state index is 13.8. The molecule has 4 N–H and O–H groups in total. The van der Waals surface area contributed by atoms with Gasteiger partial charge in [0, 0.05) is 26.2 Å². The fourth-order valence-corrected chi connectivity index (χ4v) is 5.68. The number of amides is 3. The Morgan fingerprint density at radius 1 is 1.12 bits per heavy atom. The number of aliphatic hydroxyl groups is 1. The summed E-state index contributed by atoms with van der Waals surface area (Å²) in [6.45, 7) is 9.79. The van der Waals surface area contributed by atoms with Crippen molar-refractivity contribution in [2.45, 2.75) is 71.2 Å². The second-order valence-electron chi connectivity index (χ2n) is 12.7. The number of benzene rings is 1. The van der Waals surface area contributed by atoms with E-state index in [9.17, 15) is 19.5 Å². The normalized spacial score (nSPS) is 21.1. The van der Waals surface area contributed by atoms with E-state index in [1.54, 1.807) is 10.9 Å². The molecule has 1 aromatic carbocycles. The first-order valence-corrected chi connectivity index (χ1v) is 14.9. The lowest BCUT2D eigenvalue weighted by molar-refractivity contribution is -0.144. The van der Waals surface area contributed by atoms with Crippen LogP contribution in [0.4, 0.5) is 0 Å². The molecular formula is C31H46N6O5. The summed E-state index contributed by atoms with van der Waals surface area (Å²) >= 11 is 0. The van der Waals surface area contributed by atoms with Crippen LogP contribution in [0.5, 0.6) is 0 Å². The molecule has 42 heavy (non-hydrogen) atoms. The zero-order valence-corrected chi connectivity index (χ0v) is 25.4. The third-order valence-electron chi connectivity index (χ3n) is 8.21. The monoisotopic (exact) mass is 582 g/mol. The highest BCUT2D eigenvalue weighted by molar-refractivity contribution is 5.93. The van der Waals surface area contributed by atoms with Crippen molar-refractivity contribution >= 4 is 17.7 Å². The first-order chi connectivity index (χ1) is 19.9. The number of hydrogen-bond donors (Lipinski definition) is 4. The molecule has 0 bridgehead atoms. The Morgan fingerprint density at radius 2 is 1.81 bits per heavy atom. The summed E-state index contributed by atoms with van der Waals surface area (Å²) in [7, 11) is 1.88. The number of aryl methyl sites for hydroxylation is 1. The van der Waals surface area contributed by atoms with Crippen molar-refractivity contribution in [1.82, 2.24) is 30.6 Å². The number of carbonyl (C=O) groups excluding carboxylic acids is 3. The lowest BCUT2D eigenvalue weighted by Crippen LogP contribution is -2.58. The molecule has 11 nitrogen and oxygen atoms in total. The van der Waals surface area contributed by atoms with Gasteiger partial charge in [-0.05, 0) is 61.4 Å². The number of likely N-dealkylation sites (tertiary alicyclic amines) is 1. The van der Waals surface area contributed by atoms with Crippen LogP contribution in [0.2, 0.25) is 0 Å². The Kier molecular flexibility index (Phi) is 10.4. The third-order valence-corrected chi connectivity index (χ3v) is 8.21. The molecule has 230 valence electrons.